The molecule has 0 saturated heterocycles. The minimum absolute atomic E-state index is 0.0121. The highest BCUT2D eigenvalue weighted by atomic mass is 35.5. The first-order valence-electron chi connectivity index (χ1n) is 14.3. The fourth-order valence-corrected chi connectivity index (χ4v) is 7.32. The van der Waals surface area contributed by atoms with Crippen molar-refractivity contribution in [3.63, 3.8) is 0 Å². The van der Waals surface area contributed by atoms with Crippen LogP contribution in [0.1, 0.15) is 50.2 Å². The maximum Gasteiger partial charge on any atom is 0.264 e. The first kappa shape index (κ1) is 32.6. The van der Waals surface area contributed by atoms with Crippen LogP contribution in [-0.2, 0) is 26.2 Å². The smallest absolute Gasteiger partial charge is 0.264 e. The molecule has 4 rings (SSSR count). The zero-order valence-corrected chi connectivity index (χ0v) is 26.9. The Hall–Kier alpha value is -3.27. The van der Waals surface area contributed by atoms with E-state index in [1.54, 1.807) is 54.6 Å². The molecule has 2 amide bonds. The van der Waals surface area contributed by atoms with Gasteiger partial charge in [-0.25, -0.2) is 8.42 Å². The minimum Gasteiger partial charge on any atom is -0.495 e. The summed E-state index contributed by atoms with van der Waals surface area (Å²) in [7, 11) is -2.80. The molecule has 43 heavy (non-hydrogen) atoms. The van der Waals surface area contributed by atoms with E-state index in [9.17, 15) is 18.0 Å². The van der Waals surface area contributed by atoms with Gasteiger partial charge < -0.3 is 15.0 Å². The summed E-state index contributed by atoms with van der Waals surface area (Å²) in [5.74, 6) is -0.603. The van der Waals surface area contributed by atoms with Gasteiger partial charge in [-0.2, -0.15) is 0 Å². The van der Waals surface area contributed by atoms with E-state index in [1.807, 2.05) is 13.8 Å². The van der Waals surface area contributed by atoms with Gasteiger partial charge in [0.15, 0.2) is 0 Å². The van der Waals surface area contributed by atoms with Crippen LogP contribution in [0.2, 0.25) is 10.0 Å². The number of hydrogen-bond acceptors (Lipinski definition) is 5. The van der Waals surface area contributed by atoms with Crippen molar-refractivity contribution in [2.45, 2.75) is 69.5 Å². The SMILES string of the molecule is CCC(C(=O)NC1CCCC1)N(Cc1c(Cl)cccc1Cl)C(=O)CN(c1cc(C)ccc1OC)S(=O)(=O)c1ccccc1. The highest BCUT2D eigenvalue weighted by Gasteiger charge is 2.36. The van der Waals surface area contributed by atoms with Crippen molar-refractivity contribution in [1.82, 2.24) is 10.2 Å². The number of methoxy groups -OCH3 is 1. The van der Waals surface area contributed by atoms with Crippen LogP contribution in [0.4, 0.5) is 5.69 Å². The van der Waals surface area contributed by atoms with Crippen LogP contribution < -0.4 is 14.4 Å². The molecule has 1 unspecified atom stereocenters. The lowest BCUT2D eigenvalue weighted by atomic mass is 10.1. The summed E-state index contributed by atoms with van der Waals surface area (Å²) in [6.07, 6.45) is 4.12. The Morgan fingerprint density at radius 1 is 1.00 bits per heavy atom. The fourth-order valence-electron chi connectivity index (χ4n) is 5.37. The second kappa shape index (κ2) is 14.5. The van der Waals surface area contributed by atoms with Gasteiger partial charge in [-0.05, 0) is 68.1 Å². The highest BCUT2D eigenvalue weighted by Crippen LogP contribution is 2.34. The van der Waals surface area contributed by atoms with Crippen molar-refractivity contribution >= 4 is 50.7 Å². The molecule has 8 nitrogen and oxygen atoms in total. The van der Waals surface area contributed by atoms with Gasteiger partial charge >= 0.3 is 0 Å². The van der Waals surface area contributed by atoms with E-state index in [4.69, 9.17) is 27.9 Å². The molecule has 0 bridgehead atoms. The summed E-state index contributed by atoms with van der Waals surface area (Å²) < 4.78 is 34.8. The second-order valence-corrected chi connectivity index (χ2v) is 13.3. The number of nitrogens with zero attached hydrogens (tertiary/aromatic N) is 2. The average molecular weight is 647 g/mol. The zero-order valence-electron chi connectivity index (χ0n) is 24.6. The van der Waals surface area contributed by atoms with Crippen molar-refractivity contribution in [2.24, 2.45) is 0 Å². The summed E-state index contributed by atoms with van der Waals surface area (Å²) in [6, 6.07) is 17.2. The summed E-state index contributed by atoms with van der Waals surface area (Å²) >= 11 is 13.0. The molecule has 1 saturated carbocycles. The molecule has 0 spiro atoms. The van der Waals surface area contributed by atoms with Crippen LogP contribution in [0, 0.1) is 6.92 Å². The lowest BCUT2D eigenvalue weighted by molar-refractivity contribution is -0.140. The predicted octanol–water partition coefficient (Wildman–Crippen LogP) is 6.37. The van der Waals surface area contributed by atoms with Crippen LogP contribution in [-0.4, -0.2) is 50.9 Å². The molecule has 3 aromatic carbocycles. The number of hydrogen-bond donors (Lipinski definition) is 1. The van der Waals surface area contributed by atoms with E-state index in [2.05, 4.69) is 5.32 Å². The Kier molecular flexibility index (Phi) is 11.0. The third-order valence-electron chi connectivity index (χ3n) is 7.69. The number of halogens is 2. The van der Waals surface area contributed by atoms with E-state index < -0.39 is 28.5 Å². The van der Waals surface area contributed by atoms with E-state index in [0.717, 1.165) is 35.6 Å². The number of carbonyl (C=O) groups is 2. The van der Waals surface area contributed by atoms with Crippen molar-refractivity contribution in [3.8, 4) is 5.75 Å². The van der Waals surface area contributed by atoms with Crippen molar-refractivity contribution in [2.75, 3.05) is 18.0 Å². The summed E-state index contributed by atoms with van der Waals surface area (Å²) in [4.78, 5) is 29.4. The number of ether oxygens (including phenoxy) is 1. The summed E-state index contributed by atoms with van der Waals surface area (Å²) in [6.45, 7) is 2.96. The largest absolute Gasteiger partial charge is 0.495 e. The van der Waals surface area contributed by atoms with Gasteiger partial charge in [-0.1, -0.05) is 73.3 Å². The number of rotatable bonds is 12. The van der Waals surface area contributed by atoms with Crippen LogP contribution in [0.25, 0.3) is 0 Å². The number of sulfonamides is 1. The van der Waals surface area contributed by atoms with Crippen molar-refractivity contribution < 1.29 is 22.7 Å². The highest BCUT2D eigenvalue weighted by molar-refractivity contribution is 7.92. The number of nitrogens with one attached hydrogen (secondary N) is 1. The third-order valence-corrected chi connectivity index (χ3v) is 10.2. The van der Waals surface area contributed by atoms with E-state index in [-0.39, 0.29) is 34.8 Å². The molecule has 3 aromatic rings. The average Bonchev–Trinajstić information content (AvgIpc) is 3.50. The molecule has 230 valence electrons. The number of benzene rings is 3. The van der Waals surface area contributed by atoms with E-state index >= 15 is 0 Å². The molecular formula is C32H37Cl2N3O5S. The zero-order chi connectivity index (χ0) is 31.1. The van der Waals surface area contributed by atoms with Gasteiger partial charge in [0.2, 0.25) is 11.8 Å². The maximum absolute atomic E-state index is 14.4. The van der Waals surface area contributed by atoms with Gasteiger partial charge in [0.05, 0.1) is 17.7 Å². The van der Waals surface area contributed by atoms with E-state index in [1.165, 1.54) is 24.1 Å². The lowest BCUT2D eigenvalue weighted by Gasteiger charge is -2.34. The molecule has 1 aliphatic rings. The van der Waals surface area contributed by atoms with Crippen molar-refractivity contribution in [1.29, 1.82) is 0 Å². The van der Waals surface area contributed by atoms with Crippen LogP contribution in [0.5, 0.6) is 5.75 Å². The van der Waals surface area contributed by atoms with Gasteiger partial charge in [0.1, 0.15) is 18.3 Å². The van der Waals surface area contributed by atoms with Crippen LogP contribution >= 0.6 is 23.2 Å². The molecule has 11 heteroatoms. The number of carbonyl (C=O) groups excluding carboxylic acids is 2. The Morgan fingerprint density at radius 3 is 2.26 bits per heavy atom. The minimum atomic E-state index is -4.24. The van der Waals surface area contributed by atoms with Crippen molar-refractivity contribution in [3.05, 3.63) is 87.9 Å². The molecule has 0 aromatic heterocycles. The van der Waals surface area contributed by atoms with Gasteiger partial charge in [-0.3, -0.25) is 13.9 Å². The monoisotopic (exact) mass is 645 g/mol. The van der Waals surface area contributed by atoms with Gasteiger partial charge in [-0.15, -0.1) is 0 Å². The topological polar surface area (TPSA) is 96.0 Å². The molecule has 0 heterocycles. The molecule has 0 radical (unpaired) electrons. The van der Waals surface area contributed by atoms with Crippen LogP contribution in [0.15, 0.2) is 71.6 Å². The molecule has 1 fully saturated rings. The van der Waals surface area contributed by atoms with E-state index in [0.29, 0.717) is 22.0 Å². The molecular weight excluding hydrogens is 609 g/mol. The Balaban J connectivity index is 1.79. The molecule has 1 N–H and O–H groups in total. The first-order valence-corrected chi connectivity index (χ1v) is 16.5. The fraction of sp³-hybridized carbons (Fsp3) is 0.375. The molecule has 0 aliphatic heterocycles. The van der Waals surface area contributed by atoms with Crippen LogP contribution in [0.3, 0.4) is 0 Å². The predicted molar refractivity (Wildman–Crippen MR) is 170 cm³/mol. The Labute approximate surface area is 264 Å². The normalized spacial score (nSPS) is 14.3. The Bertz CT molecular complexity index is 1530. The number of anilines is 1. The summed E-state index contributed by atoms with van der Waals surface area (Å²) in [5, 5.41) is 3.77. The quantitative estimate of drug-likeness (QED) is 0.247. The van der Waals surface area contributed by atoms with Gasteiger partial charge in [0.25, 0.3) is 10.0 Å². The number of aryl methyl sites for hydroxylation is 1. The van der Waals surface area contributed by atoms with Gasteiger partial charge in [0, 0.05) is 28.2 Å². The lowest BCUT2D eigenvalue weighted by Crippen LogP contribution is -2.53. The summed E-state index contributed by atoms with van der Waals surface area (Å²) in [5.41, 5.74) is 1.45. The Morgan fingerprint density at radius 2 is 1.65 bits per heavy atom. The maximum atomic E-state index is 14.4. The third kappa shape index (κ3) is 7.63. The standard InChI is InChI=1S/C32H37Cl2N3O5S/c1-4-28(32(39)35-23-11-8-9-12-23)36(20-25-26(33)15-10-16-27(25)34)31(38)21-37(29-19-22(2)17-18-30(29)42-3)43(40,41)24-13-6-5-7-14-24/h5-7,10,13-19,23,28H,4,8-9,11-12,20-21H2,1-3H3,(H,35,39). The first-order chi connectivity index (χ1) is 20.6. The number of amides is 2. The molecule has 1 aliphatic carbocycles. The molecule has 1 atom stereocenters. The second-order valence-electron chi connectivity index (χ2n) is 10.6.